The lowest BCUT2D eigenvalue weighted by Gasteiger charge is -2.18. The fourth-order valence-electron chi connectivity index (χ4n) is 2.06. The van der Waals surface area contributed by atoms with Crippen LogP contribution < -0.4 is 5.32 Å². The third-order valence-electron chi connectivity index (χ3n) is 3.06. The molecule has 1 unspecified atom stereocenters. The van der Waals surface area contributed by atoms with Crippen LogP contribution in [-0.2, 0) is 0 Å². The summed E-state index contributed by atoms with van der Waals surface area (Å²) in [4.78, 5) is 16.2. The van der Waals surface area contributed by atoms with Crippen LogP contribution >= 0.6 is 0 Å². The van der Waals surface area contributed by atoms with E-state index in [1.807, 2.05) is 37.3 Å². The summed E-state index contributed by atoms with van der Waals surface area (Å²) in [7, 11) is 0. The first-order chi connectivity index (χ1) is 9.70. The molecule has 1 amide bonds. The smallest absolute Gasteiger partial charge is 0.253 e. The minimum atomic E-state index is -0.200. The number of carbonyl (C=O) groups excluding carboxylic acids is 1. The molecule has 1 heterocycles. The second-order valence-corrected chi connectivity index (χ2v) is 4.70. The van der Waals surface area contributed by atoms with Crippen molar-refractivity contribution in [2.45, 2.75) is 19.4 Å². The molecule has 0 radical (unpaired) electrons. The molecule has 0 spiro atoms. The molecular weight excluding hydrogens is 252 g/mol. The van der Waals surface area contributed by atoms with Crippen molar-refractivity contribution in [3.05, 3.63) is 65.5 Å². The number of carbonyl (C=O) groups is 1. The standard InChI is InChI=1S/C16H18N2O2/c1-12-9-14(11-17-10-12)16(20)18-15(7-8-19)13-5-3-2-4-6-13/h2-6,9-11,15,19H,7-8H2,1H3,(H,18,20). The van der Waals surface area contributed by atoms with Gasteiger partial charge in [-0.05, 0) is 30.5 Å². The van der Waals surface area contributed by atoms with Crippen molar-refractivity contribution >= 4 is 5.91 Å². The van der Waals surface area contributed by atoms with Gasteiger partial charge >= 0.3 is 0 Å². The van der Waals surface area contributed by atoms with E-state index in [9.17, 15) is 4.79 Å². The molecule has 104 valence electrons. The predicted octanol–water partition coefficient (Wildman–Crippen LogP) is 2.24. The lowest BCUT2D eigenvalue weighted by atomic mass is 10.0. The monoisotopic (exact) mass is 270 g/mol. The van der Waals surface area contributed by atoms with E-state index in [-0.39, 0.29) is 18.6 Å². The van der Waals surface area contributed by atoms with Gasteiger partial charge in [0.1, 0.15) is 0 Å². The molecule has 1 atom stereocenters. The Morgan fingerprint density at radius 1 is 1.30 bits per heavy atom. The lowest BCUT2D eigenvalue weighted by molar-refractivity contribution is 0.0929. The second kappa shape index (κ2) is 6.82. The quantitative estimate of drug-likeness (QED) is 0.876. The van der Waals surface area contributed by atoms with Gasteiger partial charge in [0.15, 0.2) is 0 Å². The molecule has 0 aliphatic heterocycles. The minimum Gasteiger partial charge on any atom is -0.396 e. The number of aromatic nitrogens is 1. The van der Waals surface area contributed by atoms with E-state index in [2.05, 4.69) is 10.3 Å². The molecule has 0 bridgehead atoms. The van der Waals surface area contributed by atoms with Gasteiger partial charge in [-0.2, -0.15) is 0 Å². The zero-order chi connectivity index (χ0) is 14.4. The van der Waals surface area contributed by atoms with Crippen molar-refractivity contribution in [1.29, 1.82) is 0 Å². The predicted molar refractivity (Wildman–Crippen MR) is 77.3 cm³/mol. The third-order valence-corrected chi connectivity index (χ3v) is 3.06. The van der Waals surface area contributed by atoms with Crippen LogP contribution in [0, 0.1) is 6.92 Å². The van der Waals surface area contributed by atoms with Gasteiger partial charge in [0.05, 0.1) is 11.6 Å². The Labute approximate surface area is 118 Å². The lowest BCUT2D eigenvalue weighted by Crippen LogP contribution is -2.29. The van der Waals surface area contributed by atoms with Crippen LogP contribution in [0.25, 0.3) is 0 Å². The maximum Gasteiger partial charge on any atom is 0.253 e. The average Bonchev–Trinajstić information content (AvgIpc) is 2.47. The van der Waals surface area contributed by atoms with Crippen LogP contribution in [0.1, 0.15) is 33.9 Å². The summed E-state index contributed by atoms with van der Waals surface area (Å²) < 4.78 is 0. The van der Waals surface area contributed by atoms with E-state index in [4.69, 9.17) is 5.11 Å². The number of aliphatic hydroxyl groups is 1. The molecule has 2 rings (SSSR count). The summed E-state index contributed by atoms with van der Waals surface area (Å²) >= 11 is 0. The number of hydrogen-bond donors (Lipinski definition) is 2. The topological polar surface area (TPSA) is 62.2 Å². The van der Waals surface area contributed by atoms with E-state index in [1.54, 1.807) is 18.5 Å². The molecule has 0 saturated heterocycles. The molecule has 0 fully saturated rings. The van der Waals surface area contributed by atoms with E-state index < -0.39 is 0 Å². The van der Waals surface area contributed by atoms with Crippen LogP contribution in [0.2, 0.25) is 0 Å². The highest BCUT2D eigenvalue weighted by Crippen LogP contribution is 2.17. The number of aryl methyl sites for hydroxylation is 1. The molecule has 2 N–H and O–H groups in total. The molecule has 0 aliphatic carbocycles. The van der Waals surface area contributed by atoms with Crippen molar-refractivity contribution < 1.29 is 9.90 Å². The summed E-state index contributed by atoms with van der Waals surface area (Å²) in [5.41, 5.74) is 2.45. The summed E-state index contributed by atoms with van der Waals surface area (Å²) in [6, 6.07) is 11.2. The van der Waals surface area contributed by atoms with E-state index in [0.717, 1.165) is 11.1 Å². The van der Waals surface area contributed by atoms with Gasteiger partial charge in [0.25, 0.3) is 5.91 Å². The Hall–Kier alpha value is -2.20. The average molecular weight is 270 g/mol. The van der Waals surface area contributed by atoms with Gasteiger partial charge < -0.3 is 10.4 Å². The summed E-state index contributed by atoms with van der Waals surface area (Å²) in [6.07, 6.45) is 3.73. The highest BCUT2D eigenvalue weighted by Gasteiger charge is 2.15. The Morgan fingerprint density at radius 3 is 2.70 bits per heavy atom. The highest BCUT2D eigenvalue weighted by atomic mass is 16.3. The Balaban J connectivity index is 2.14. The molecule has 20 heavy (non-hydrogen) atoms. The van der Waals surface area contributed by atoms with Crippen molar-refractivity contribution in [1.82, 2.24) is 10.3 Å². The molecular formula is C16H18N2O2. The summed E-state index contributed by atoms with van der Waals surface area (Å²) in [6.45, 7) is 1.91. The number of hydrogen-bond acceptors (Lipinski definition) is 3. The number of benzene rings is 1. The third kappa shape index (κ3) is 3.65. The van der Waals surface area contributed by atoms with Crippen LogP contribution in [0.5, 0.6) is 0 Å². The number of nitrogens with one attached hydrogen (secondary N) is 1. The molecule has 4 heteroatoms. The zero-order valence-electron chi connectivity index (χ0n) is 11.4. The van der Waals surface area contributed by atoms with Crippen molar-refractivity contribution in [2.24, 2.45) is 0 Å². The molecule has 0 saturated carbocycles. The number of amides is 1. The van der Waals surface area contributed by atoms with Crippen LogP contribution in [-0.4, -0.2) is 22.6 Å². The van der Waals surface area contributed by atoms with Gasteiger partial charge in [-0.3, -0.25) is 9.78 Å². The SMILES string of the molecule is Cc1cncc(C(=O)NC(CCO)c2ccccc2)c1. The maximum atomic E-state index is 12.2. The van der Waals surface area contributed by atoms with E-state index >= 15 is 0 Å². The molecule has 1 aromatic heterocycles. The fraction of sp³-hybridized carbons (Fsp3) is 0.250. The van der Waals surface area contributed by atoms with Gasteiger partial charge in [-0.25, -0.2) is 0 Å². The zero-order valence-corrected chi connectivity index (χ0v) is 11.4. The number of aliphatic hydroxyl groups excluding tert-OH is 1. The minimum absolute atomic E-state index is 0.0198. The Kier molecular flexibility index (Phi) is 4.85. The second-order valence-electron chi connectivity index (χ2n) is 4.70. The Morgan fingerprint density at radius 2 is 2.05 bits per heavy atom. The highest BCUT2D eigenvalue weighted by molar-refractivity contribution is 5.94. The van der Waals surface area contributed by atoms with Gasteiger partial charge in [0, 0.05) is 19.0 Å². The van der Waals surface area contributed by atoms with Gasteiger partial charge in [0.2, 0.25) is 0 Å². The van der Waals surface area contributed by atoms with Crippen LogP contribution in [0.3, 0.4) is 0 Å². The van der Waals surface area contributed by atoms with Crippen LogP contribution in [0.15, 0.2) is 48.8 Å². The summed E-state index contributed by atoms with van der Waals surface area (Å²) in [5.74, 6) is -0.177. The molecule has 1 aromatic carbocycles. The van der Waals surface area contributed by atoms with Crippen LogP contribution in [0.4, 0.5) is 0 Å². The van der Waals surface area contributed by atoms with Gasteiger partial charge in [-0.1, -0.05) is 30.3 Å². The molecule has 2 aromatic rings. The Bertz CT molecular complexity index is 570. The fourth-order valence-corrected chi connectivity index (χ4v) is 2.06. The number of nitrogens with zero attached hydrogens (tertiary/aromatic N) is 1. The summed E-state index contributed by atoms with van der Waals surface area (Å²) in [5, 5.41) is 12.1. The maximum absolute atomic E-state index is 12.2. The largest absolute Gasteiger partial charge is 0.396 e. The first-order valence-corrected chi connectivity index (χ1v) is 6.59. The number of rotatable bonds is 5. The van der Waals surface area contributed by atoms with E-state index in [1.165, 1.54) is 0 Å². The first kappa shape index (κ1) is 14.2. The van der Waals surface area contributed by atoms with Crippen molar-refractivity contribution in [3.8, 4) is 0 Å². The van der Waals surface area contributed by atoms with Crippen molar-refractivity contribution in [2.75, 3.05) is 6.61 Å². The van der Waals surface area contributed by atoms with E-state index in [0.29, 0.717) is 12.0 Å². The molecule has 4 nitrogen and oxygen atoms in total. The van der Waals surface area contributed by atoms with Crippen molar-refractivity contribution in [3.63, 3.8) is 0 Å². The molecule has 0 aliphatic rings. The normalized spacial score (nSPS) is 11.9. The number of pyridine rings is 1. The van der Waals surface area contributed by atoms with Gasteiger partial charge in [-0.15, -0.1) is 0 Å². The first-order valence-electron chi connectivity index (χ1n) is 6.59.